The first-order valence-electron chi connectivity index (χ1n) is 12.5. The molecule has 1 aromatic heterocycles. The lowest BCUT2D eigenvalue weighted by Gasteiger charge is -2.24. The first-order chi connectivity index (χ1) is 17.7. The molecule has 2 aromatic rings. The van der Waals surface area contributed by atoms with Crippen molar-refractivity contribution in [3.63, 3.8) is 0 Å². The molecular weight excluding hydrogens is 509 g/mol. The van der Waals surface area contributed by atoms with Crippen molar-refractivity contribution in [1.82, 2.24) is 15.2 Å². The van der Waals surface area contributed by atoms with Crippen LogP contribution < -0.4 is 10.6 Å². The Morgan fingerprint density at radius 1 is 1.14 bits per heavy atom. The molecule has 37 heavy (non-hydrogen) atoms. The third kappa shape index (κ3) is 8.89. The van der Waals surface area contributed by atoms with E-state index >= 15 is 0 Å². The van der Waals surface area contributed by atoms with Gasteiger partial charge in [0.25, 0.3) is 5.91 Å². The van der Waals surface area contributed by atoms with Crippen molar-refractivity contribution < 1.29 is 27.9 Å². The fourth-order valence-electron chi connectivity index (χ4n) is 4.25. The molecule has 11 heteroatoms. The molecule has 1 aliphatic heterocycles. The summed E-state index contributed by atoms with van der Waals surface area (Å²) in [4.78, 5) is 30.7. The topological polar surface area (TPSA) is 94.6 Å². The average molecular weight is 541 g/mol. The van der Waals surface area contributed by atoms with Crippen molar-refractivity contribution in [2.75, 3.05) is 31.5 Å². The Labute approximate surface area is 219 Å². The van der Waals surface area contributed by atoms with E-state index in [1.165, 1.54) is 17.7 Å². The highest BCUT2D eigenvalue weighted by molar-refractivity contribution is 6.34. The number of hydrogen-bond acceptors (Lipinski definition) is 5. The third-order valence-corrected chi connectivity index (χ3v) is 6.69. The minimum atomic E-state index is -2.47. The van der Waals surface area contributed by atoms with Crippen LogP contribution in [-0.2, 0) is 17.6 Å². The molecule has 3 rings (SSSR count). The number of halogens is 4. The van der Waals surface area contributed by atoms with Gasteiger partial charge in [0, 0.05) is 31.7 Å². The van der Waals surface area contributed by atoms with Crippen molar-refractivity contribution >= 4 is 29.3 Å². The van der Waals surface area contributed by atoms with Crippen LogP contribution in [0.25, 0.3) is 0 Å². The second-order valence-electron chi connectivity index (χ2n) is 9.07. The van der Waals surface area contributed by atoms with Crippen LogP contribution in [0, 0.1) is 5.82 Å². The number of carbonyl (C=O) groups excluding carboxylic acids is 1. The Morgan fingerprint density at radius 2 is 1.92 bits per heavy atom. The number of pyridine rings is 1. The van der Waals surface area contributed by atoms with E-state index < -0.39 is 35.2 Å². The molecule has 0 radical (unpaired) electrons. The maximum atomic E-state index is 13.7. The lowest BCUT2D eigenvalue weighted by Crippen LogP contribution is -2.43. The number of benzene rings is 1. The summed E-state index contributed by atoms with van der Waals surface area (Å²) in [6.45, 7) is 1.72. The number of carbonyl (C=O) groups is 2. The molecule has 1 amide bonds. The van der Waals surface area contributed by atoms with Crippen molar-refractivity contribution in [3.05, 3.63) is 58.0 Å². The second kappa shape index (κ2) is 14.2. The molecule has 0 bridgehead atoms. The van der Waals surface area contributed by atoms with Crippen LogP contribution in [-0.4, -0.2) is 65.5 Å². The molecule has 0 saturated heterocycles. The minimum Gasteiger partial charge on any atom is -0.480 e. The van der Waals surface area contributed by atoms with E-state index in [1.807, 2.05) is 6.07 Å². The summed E-state index contributed by atoms with van der Waals surface area (Å²) in [6.07, 6.45) is 1.57. The summed E-state index contributed by atoms with van der Waals surface area (Å²) in [7, 11) is 0. The number of carboxylic acid groups (broad SMARTS) is 1. The molecule has 202 valence electrons. The van der Waals surface area contributed by atoms with Gasteiger partial charge in [0.15, 0.2) is 0 Å². The van der Waals surface area contributed by atoms with E-state index in [0.717, 1.165) is 56.2 Å². The summed E-state index contributed by atoms with van der Waals surface area (Å²) in [6, 6.07) is 6.51. The third-order valence-electron chi connectivity index (χ3n) is 6.31. The van der Waals surface area contributed by atoms with Crippen LogP contribution in [0.2, 0.25) is 5.02 Å². The summed E-state index contributed by atoms with van der Waals surface area (Å²) in [5, 5.41) is 14.8. The normalized spacial score (nSPS) is 13.8. The first-order valence-corrected chi connectivity index (χ1v) is 12.8. The molecule has 1 atom stereocenters. The quantitative estimate of drug-likeness (QED) is 0.298. The number of fused-ring (bicyclic) bond motifs is 1. The zero-order chi connectivity index (χ0) is 26.8. The number of nitrogens with one attached hydrogen (secondary N) is 2. The van der Waals surface area contributed by atoms with Crippen LogP contribution in [0.4, 0.5) is 19.0 Å². The molecule has 0 spiro atoms. The van der Waals surface area contributed by atoms with Gasteiger partial charge in [0.2, 0.25) is 6.43 Å². The number of aromatic nitrogens is 1. The Balaban J connectivity index is 1.52. The average Bonchev–Trinajstić information content (AvgIpc) is 2.87. The monoisotopic (exact) mass is 540 g/mol. The van der Waals surface area contributed by atoms with Gasteiger partial charge in [-0.05, 0) is 68.8 Å². The zero-order valence-corrected chi connectivity index (χ0v) is 21.2. The summed E-state index contributed by atoms with van der Waals surface area (Å²) < 4.78 is 39.4. The van der Waals surface area contributed by atoms with E-state index in [4.69, 9.17) is 11.6 Å². The highest BCUT2D eigenvalue weighted by Crippen LogP contribution is 2.21. The SMILES string of the molecule is O=C(NC(CCN(CCCCc1ccc2c(n1)NCCC2)CCC(F)F)C(=O)O)c1cccc(F)c1Cl. The van der Waals surface area contributed by atoms with Crippen LogP contribution in [0.15, 0.2) is 30.3 Å². The number of hydrogen-bond donors (Lipinski definition) is 3. The second-order valence-corrected chi connectivity index (χ2v) is 9.45. The molecule has 7 nitrogen and oxygen atoms in total. The minimum absolute atomic E-state index is 0.00467. The molecule has 1 aromatic carbocycles. The predicted molar refractivity (Wildman–Crippen MR) is 136 cm³/mol. The van der Waals surface area contributed by atoms with E-state index in [0.29, 0.717) is 6.54 Å². The number of aliphatic carboxylic acids is 1. The Morgan fingerprint density at radius 3 is 2.68 bits per heavy atom. The number of unbranched alkanes of at least 4 members (excludes halogenated alkanes) is 1. The summed E-state index contributed by atoms with van der Waals surface area (Å²) >= 11 is 5.83. The fourth-order valence-corrected chi connectivity index (χ4v) is 4.46. The first kappa shape index (κ1) is 28.7. The van der Waals surface area contributed by atoms with Gasteiger partial charge in [-0.3, -0.25) is 4.79 Å². The van der Waals surface area contributed by atoms with E-state index in [9.17, 15) is 27.9 Å². The lowest BCUT2D eigenvalue weighted by molar-refractivity contribution is -0.139. The van der Waals surface area contributed by atoms with Gasteiger partial charge in [-0.1, -0.05) is 23.7 Å². The Kier molecular flexibility index (Phi) is 11.0. The highest BCUT2D eigenvalue weighted by atomic mass is 35.5. The number of aryl methyl sites for hydroxylation is 2. The van der Waals surface area contributed by atoms with E-state index in [1.54, 1.807) is 4.90 Å². The molecule has 1 unspecified atom stereocenters. The molecule has 1 aliphatic rings. The largest absolute Gasteiger partial charge is 0.480 e. The van der Waals surface area contributed by atoms with Crippen LogP contribution in [0.5, 0.6) is 0 Å². The van der Waals surface area contributed by atoms with Gasteiger partial charge in [0.05, 0.1) is 10.6 Å². The van der Waals surface area contributed by atoms with Gasteiger partial charge in [-0.15, -0.1) is 0 Å². The van der Waals surface area contributed by atoms with Gasteiger partial charge in [-0.2, -0.15) is 0 Å². The molecule has 0 aliphatic carbocycles. The van der Waals surface area contributed by atoms with Crippen LogP contribution in [0.1, 0.15) is 53.7 Å². The molecule has 0 fully saturated rings. The van der Waals surface area contributed by atoms with Crippen molar-refractivity contribution in [2.24, 2.45) is 0 Å². The summed E-state index contributed by atoms with van der Waals surface area (Å²) in [5.41, 5.74) is 2.01. The zero-order valence-electron chi connectivity index (χ0n) is 20.5. The smallest absolute Gasteiger partial charge is 0.326 e. The molecular formula is C26H32ClF3N4O3. The standard InChI is InChI=1S/C26H32ClF3N4O3/c27-23-19(7-3-8-20(23)28)25(35)33-21(26(36)37)11-15-34(16-12-22(29)30)14-2-1-6-18-10-9-17-5-4-13-31-24(17)32-18/h3,7-10,21-22H,1-2,4-6,11-16H2,(H,31,32)(H,33,35)(H,36,37). The van der Waals surface area contributed by atoms with Gasteiger partial charge >= 0.3 is 5.97 Å². The van der Waals surface area contributed by atoms with Crippen LogP contribution >= 0.6 is 11.6 Å². The molecule has 0 saturated carbocycles. The molecule has 3 N–H and O–H groups in total. The number of rotatable bonds is 14. The maximum absolute atomic E-state index is 13.7. The van der Waals surface area contributed by atoms with Crippen molar-refractivity contribution in [1.29, 1.82) is 0 Å². The number of amides is 1. The van der Waals surface area contributed by atoms with Gasteiger partial charge in [0.1, 0.15) is 17.7 Å². The van der Waals surface area contributed by atoms with E-state index in [2.05, 4.69) is 21.7 Å². The van der Waals surface area contributed by atoms with Crippen molar-refractivity contribution in [2.45, 2.75) is 57.4 Å². The fraction of sp³-hybridized carbons (Fsp3) is 0.500. The van der Waals surface area contributed by atoms with E-state index in [-0.39, 0.29) is 31.5 Å². The number of nitrogens with zero attached hydrogens (tertiary/aromatic N) is 2. The highest BCUT2D eigenvalue weighted by Gasteiger charge is 2.24. The summed E-state index contributed by atoms with van der Waals surface area (Å²) in [5.74, 6) is -1.95. The maximum Gasteiger partial charge on any atom is 0.326 e. The number of carboxylic acids is 1. The van der Waals surface area contributed by atoms with Crippen LogP contribution in [0.3, 0.4) is 0 Å². The lowest BCUT2D eigenvalue weighted by atomic mass is 10.1. The van der Waals surface area contributed by atoms with Crippen molar-refractivity contribution in [3.8, 4) is 0 Å². The number of alkyl halides is 2. The van der Waals surface area contributed by atoms with Gasteiger partial charge in [-0.25, -0.2) is 22.9 Å². The Bertz CT molecular complexity index is 1070. The molecule has 2 heterocycles. The van der Waals surface area contributed by atoms with Gasteiger partial charge < -0.3 is 20.6 Å². The Hall–Kier alpha value is -2.85. The predicted octanol–water partition coefficient (Wildman–Crippen LogP) is 4.79. The number of anilines is 1.